The summed E-state index contributed by atoms with van der Waals surface area (Å²) in [7, 11) is 0. The molecule has 5 nitrogen and oxygen atoms in total. The van der Waals surface area contributed by atoms with Crippen molar-refractivity contribution >= 4 is 17.2 Å². The van der Waals surface area contributed by atoms with Crippen molar-refractivity contribution in [3.8, 4) is 10.6 Å². The average Bonchev–Trinajstić information content (AvgIpc) is 3.40. The van der Waals surface area contributed by atoms with Gasteiger partial charge in [0.15, 0.2) is 0 Å². The van der Waals surface area contributed by atoms with E-state index in [1.54, 1.807) is 17.9 Å². The van der Waals surface area contributed by atoms with Crippen molar-refractivity contribution in [3.05, 3.63) is 59.6 Å². The van der Waals surface area contributed by atoms with Crippen LogP contribution in [0.2, 0.25) is 0 Å². The number of hydrogen-bond donors (Lipinski definition) is 0. The maximum Gasteiger partial charge on any atom is 0.416 e. The highest BCUT2D eigenvalue weighted by Gasteiger charge is 2.30. The number of imidazole rings is 1. The Morgan fingerprint density at radius 3 is 2.52 bits per heavy atom. The number of hydrogen-bond acceptors (Lipinski definition) is 4. The van der Waals surface area contributed by atoms with Gasteiger partial charge in [-0.15, -0.1) is 11.3 Å². The lowest BCUT2D eigenvalue weighted by atomic mass is 10.0. The second kappa shape index (κ2) is 7.98. The summed E-state index contributed by atoms with van der Waals surface area (Å²) in [6, 6.07) is 5.28. The maximum absolute atomic E-state index is 12.7. The van der Waals surface area contributed by atoms with Gasteiger partial charge in [0.2, 0.25) is 5.91 Å². The molecule has 0 radical (unpaired) electrons. The Hall–Kier alpha value is -2.68. The molecule has 152 valence electrons. The molecule has 29 heavy (non-hydrogen) atoms. The molecule has 1 aromatic carbocycles. The van der Waals surface area contributed by atoms with E-state index in [0.29, 0.717) is 35.4 Å². The van der Waals surface area contributed by atoms with Crippen LogP contribution in [-0.4, -0.2) is 38.4 Å². The Morgan fingerprint density at radius 2 is 1.90 bits per heavy atom. The number of thiazole rings is 1. The van der Waals surface area contributed by atoms with Crippen molar-refractivity contribution in [2.45, 2.75) is 31.5 Å². The van der Waals surface area contributed by atoms with Crippen molar-refractivity contribution in [3.63, 3.8) is 0 Å². The van der Waals surface area contributed by atoms with Crippen LogP contribution in [0.1, 0.15) is 30.1 Å². The van der Waals surface area contributed by atoms with Gasteiger partial charge in [0, 0.05) is 42.5 Å². The SMILES string of the molecule is O=C(Cc1csc(-c2ccc(C(F)(F)F)cc2)n1)N1CCC(n2ccnc2)CC1. The number of carbonyl (C=O) groups excluding carboxylic acids is 1. The number of piperidine rings is 1. The number of halogens is 3. The number of likely N-dealkylation sites (tertiary alicyclic amines) is 1. The average molecular weight is 420 g/mol. The second-order valence-corrected chi connectivity index (χ2v) is 7.88. The second-order valence-electron chi connectivity index (χ2n) is 7.02. The Labute approximate surface area is 169 Å². The Kier molecular flexibility index (Phi) is 5.40. The van der Waals surface area contributed by atoms with Gasteiger partial charge in [0.05, 0.1) is 24.0 Å². The lowest BCUT2D eigenvalue weighted by Crippen LogP contribution is -2.39. The first kappa shape index (κ1) is 19.6. The van der Waals surface area contributed by atoms with Gasteiger partial charge < -0.3 is 9.47 Å². The first-order chi connectivity index (χ1) is 13.9. The zero-order chi connectivity index (χ0) is 20.4. The molecule has 1 saturated heterocycles. The molecule has 3 heterocycles. The summed E-state index contributed by atoms with van der Waals surface area (Å²) in [5.74, 6) is 0.0263. The largest absolute Gasteiger partial charge is 0.416 e. The minimum atomic E-state index is -4.36. The van der Waals surface area contributed by atoms with Crippen molar-refractivity contribution in [2.24, 2.45) is 0 Å². The van der Waals surface area contributed by atoms with Crippen LogP contribution in [0.25, 0.3) is 10.6 Å². The third-order valence-electron chi connectivity index (χ3n) is 5.11. The number of rotatable bonds is 4. The van der Waals surface area contributed by atoms with Crippen LogP contribution in [0, 0.1) is 0 Å². The molecule has 4 rings (SSSR count). The predicted octanol–water partition coefficient (Wildman–Crippen LogP) is 4.43. The molecular weight excluding hydrogens is 401 g/mol. The van der Waals surface area contributed by atoms with Crippen molar-refractivity contribution < 1.29 is 18.0 Å². The van der Waals surface area contributed by atoms with Gasteiger partial charge in [-0.3, -0.25) is 4.79 Å². The number of alkyl halides is 3. The lowest BCUT2D eigenvalue weighted by Gasteiger charge is -2.32. The molecule has 3 aromatic rings. The molecule has 1 fully saturated rings. The van der Waals surface area contributed by atoms with Gasteiger partial charge in [0.25, 0.3) is 0 Å². The molecule has 0 spiro atoms. The fraction of sp³-hybridized carbons (Fsp3) is 0.350. The standard InChI is InChI=1S/C20H19F3N4OS/c21-20(22,23)15-3-1-14(2-4-15)19-25-16(12-29-19)11-18(28)26-8-5-17(6-9-26)27-10-7-24-13-27/h1-4,7,10,12-13,17H,5-6,8-9,11H2. The van der Waals surface area contributed by atoms with E-state index < -0.39 is 11.7 Å². The zero-order valence-corrected chi connectivity index (χ0v) is 16.3. The summed E-state index contributed by atoms with van der Waals surface area (Å²) in [6.07, 6.45) is 3.12. The first-order valence-electron chi connectivity index (χ1n) is 9.27. The highest BCUT2D eigenvalue weighted by Crippen LogP contribution is 2.32. The molecule has 0 aliphatic carbocycles. The minimum Gasteiger partial charge on any atom is -0.342 e. The highest BCUT2D eigenvalue weighted by molar-refractivity contribution is 7.13. The van der Waals surface area contributed by atoms with Gasteiger partial charge in [-0.05, 0) is 25.0 Å². The Morgan fingerprint density at radius 1 is 1.17 bits per heavy atom. The topological polar surface area (TPSA) is 51.0 Å². The van der Waals surface area contributed by atoms with Crippen molar-refractivity contribution in [1.29, 1.82) is 0 Å². The molecular formula is C20H19F3N4OS. The van der Waals surface area contributed by atoms with Crippen molar-refractivity contribution in [2.75, 3.05) is 13.1 Å². The fourth-order valence-corrected chi connectivity index (χ4v) is 4.31. The molecule has 9 heteroatoms. The maximum atomic E-state index is 12.7. The molecule has 1 aliphatic rings. The Balaban J connectivity index is 1.35. The van der Waals surface area contributed by atoms with E-state index in [-0.39, 0.29) is 12.3 Å². The highest BCUT2D eigenvalue weighted by atomic mass is 32.1. The van der Waals surface area contributed by atoms with E-state index in [2.05, 4.69) is 14.5 Å². The van der Waals surface area contributed by atoms with E-state index in [9.17, 15) is 18.0 Å². The van der Waals surface area contributed by atoms with Gasteiger partial charge >= 0.3 is 6.18 Å². The van der Waals surface area contributed by atoms with Gasteiger partial charge in [0.1, 0.15) is 5.01 Å². The van der Waals surface area contributed by atoms with Gasteiger partial charge in [-0.25, -0.2) is 9.97 Å². The summed E-state index contributed by atoms with van der Waals surface area (Å²) in [6.45, 7) is 1.38. The molecule has 1 amide bonds. The predicted molar refractivity (Wildman–Crippen MR) is 103 cm³/mol. The van der Waals surface area contributed by atoms with Crippen LogP contribution in [0.5, 0.6) is 0 Å². The molecule has 0 bridgehead atoms. The number of nitrogens with zero attached hydrogens (tertiary/aromatic N) is 4. The van der Waals surface area contributed by atoms with E-state index in [4.69, 9.17) is 0 Å². The monoisotopic (exact) mass is 420 g/mol. The number of aromatic nitrogens is 3. The van der Waals surface area contributed by atoms with E-state index in [1.807, 2.05) is 11.1 Å². The molecule has 2 aromatic heterocycles. The smallest absolute Gasteiger partial charge is 0.342 e. The molecule has 0 unspecified atom stereocenters. The summed E-state index contributed by atoms with van der Waals surface area (Å²) < 4.78 is 40.2. The molecule has 0 atom stereocenters. The molecule has 0 N–H and O–H groups in total. The number of carbonyl (C=O) groups is 1. The van der Waals surface area contributed by atoms with Crippen LogP contribution >= 0.6 is 11.3 Å². The van der Waals surface area contributed by atoms with Crippen LogP contribution in [-0.2, 0) is 17.4 Å². The van der Waals surface area contributed by atoms with Crippen molar-refractivity contribution in [1.82, 2.24) is 19.4 Å². The Bertz CT molecular complexity index is 959. The van der Waals surface area contributed by atoms with E-state index in [1.165, 1.54) is 23.5 Å². The van der Waals surface area contributed by atoms with Gasteiger partial charge in [-0.1, -0.05) is 12.1 Å². The summed E-state index contributed by atoms with van der Waals surface area (Å²) in [5.41, 5.74) is 0.571. The fourth-order valence-electron chi connectivity index (χ4n) is 3.49. The van der Waals surface area contributed by atoms with Gasteiger partial charge in [-0.2, -0.15) is 13.2 Å². The third kappa shape index (κ3) is 4.50. The summed E-state index contributed by atoms with van der Waals surface area (Å²) in [5, 5.41) is 2.41. The summed E-state index contributed by atoms with van der Waals surface area (Å²) in [4.78, 5) is 23.0. The zero-order valence-electron chi connectivity index (χ0n) is 15.5. The number of benzene rings is 1. The van der Waals surface area contributed by atoms with E-state index >= 15 is 0 Å². The van der Waals surface area contributed by atoms with Crippen LogP contribution in [0.15, 0.2) is 48.4 Å². The third-order valence-corrected chi connectivity index (χ3v) is 6.05. The van der Waals surface area contributed by atoms with E-state index in [0.717, 1.165) is 25.0 Å². The van der Waals surface area contributed by atoms with Crippen LogP contribution in [0.3, 0.4) is 0 Å². The number of amides is 1. The first-order valence-corrected chi connectivity index (χ1v) is 10.2. The normalized spacial score (nSPS) is 15.6. The quantitative estimate of drug-likeness (QED) is 0.627. The molecule has 1 aliphatic heterocycles. The van der Waals surface area contributed by atoms with Crippen LogP contribution < -0.4 is 0 Å². The van der Waals surface area contributed by atoms with Crippen LogP contribution in [0.4, 0.5) is 13.2 Å². The lowest BCUT2D eigenvalue weighted by molar-refractivity contribution is -0.137. The minimum absolute atomic E-state index is 0.0263. The molecule has 0 saturated carbocycles. The summed E-state index contributed by atoms with van der Waals surface area (Å²) >= 11 is 1.33.